The molecule has 28 heavy (non-hydrogen) atoms. The Morgan fingerprint density at radius 1 is 1.21 bits per heavy atom. The van der Waals surface area contributed by atoms with Crippen molar-refractivity contribution in [3.8, 4) is 0 Å². The summed E-state index contributed by atoms with van der Waals surface area (Å²) in [5.41, 5.74) is 1.87. The van der Waals surface area contributed by atoms with Crippen LogP contribution in [0, 0.1) is 6.92 Å². The number of hydrogen-bond acceptors (Lipinski definition) is 5. The lowest BCUT2D eigenvalue weighted by Gasteiger charge is -2.21. The van der Waals surface area contributed by atoms with Crippen LogP contribution in [0.4, 0.5) is 5.69 Å². The van der Waals surface area contributed by atoms with Crippen LogP contribution in [0.15, 0.2) is 47.2 Å². The standard InChI is InChI=1S/C20H22BrN3O4/c1-3-8-24(12-18(25)23-17-7-5-4-6-14(17)2)19(26)13-28-20(27)15-9-16(21)11-22-10-15/h4-7,9-11H,3,8,12-13H2,1-2H3,(H,23,25). The molecule has 2 aromatic rings. The van der Waals surface area contributed by atoms with E-state index in [-0.39, 0.29) is 18.0 Å². The molecule has 0 aliphatic rings. The van der Waals surface area contributed by atoms with E-state index in [1.165, 1.54) is 17.3 Å². The molecule has 0 aliphatic carbocycles. The highest BCUT2D eigenvalue weighted by atomic mass is 79.9. The van der Waals surface area contributed by atoms with Crippen molar-refractivity contribution >= 4 is 39.4 Å². The number of para-hydroxylation sites is 1. The highest BCUT2D eigenvalue weighted by molar-refractivity contribution is 9.10. The first kappa shape index (κ1) is 21.6. The number of anilines is 1. The third-order valence-corrected chi connectivity index (χ3v) is 4.30. The molecule has 1 N–H and O–H groups in total. The van der Waals surface area contributed by atoms with Crippen LogP contribution in [0.5, 0.6) is 0 Å². The number of benzene rings is 1. The Hall–Kier alpha value is -2.74. The van der Waals surface area contributed by atoms with Crippen LogP contribution in [-0.2, 0) is 14.3 Å². The zero-order valence-corrected chi connectivity index (χ0v) is 17.4. The third-order valence-electron chi connectivity index (χ3n) is 3.87. The van der Waals surface area contributed by atoms with E-state index in [1.807, 2.05) is 32.0 Å². The second-order valence-electron chi connectivity index (χ2n) is 6.15. The number of halogens is 1. The first-order chi connectivity index (χ1) is 13.4. The Kier molecular flexibility index (Phi) is 8.13. The van der Waals surface area contributed by atoms with Crippen molar-refractivity contribution in [2.45, 2.75) is 20.3 Å². The average Bonchev–Trinajstić information content (AvgIpc) is 2.67. The highest BCUT2D eigenvalue weighted by Crippen LogP contribution is 2.13. The molecule has 2 amide bonds. The van der Waals surface area contributed by atoms with Crippen LogP contribution in [0.1, 0.15) is 29.3 Å². The minimum Gasteiger partial charge on any atom is -0.452 e. The van der Waals surface area contributed by atoms with Crippen LogP contribution < -0.4 is 5.32 Å². The van der Waals surface area contributed by atoms with E-state index in [4.69, 9.17) is 4.74 Å². The fourth-order valence-electron chi connectivity index (χ4n) is 2.46. The summed E-state index contributed by atoms with van der Waals surface area (Å²) in [4.78, 5) is 42.1. The summed E-state index contributed by atoms with van der Waals surface area (Å²) in [6.07, 6.45) is 3.57. The van der Waals surface area contributed by atoms with Gasteiger partial charge >= 0.3 is 5.97 Å². The van der Waals surface area contributed by atoms with Gasteiger partial charge in [-0.3, -0.25) is 14.6 Å². The molecule has 8 heteroatoms. The molecule has 1 aromatic heterocycles. The number of amides is 2. The van der Waals surface area contributed by atoms with E-state index in [1.54, 1.807) is 12.1 Å². The second-order valence-corrected chi connectivity index (χ2v) is 7.06. The molecule has 0 fully saturated rings. The highest BCUT2D eigenvalue weighted by Gasteiger charge is 2.19. The number of carbonyl (C=O) groups is 3. The average molecular weight is 448 g/mol. The Labute approximate surface area is 172 Å². The molecular weight excluding hydrogens is 426 g/mol. The molecule has 0 bridgehead atoms. The summed E-state index contributed by atoms with van der Waals surface area (Å²) in [6.45, 7) is 3.62. The molecule has 0 unspecified atom stereocenters. The van der Waals surface area contributed by atoms with Crippen molar-refractivity contribution in [1.29, 1.82) is 0 Å². The largest absolute Gasteiger partial charge is 0.452 e. The fourth-order valence-corrected chi connectivity index (χ4v) is 2.83. The zero-order chi connectivity index (χ0) is 20.5. The Balaban J connectivity index is 1.92. The Morgan fingerprint density at radius 2 is 1.96 bits per heavy atom. The maximum Gasteiger partial charge on any atom is 0.340 e. The van der Waals surface area contributed by atoms with Crippen molar-refractivity contribution in [1.82, 2.24) is 9.88 Å². The predicted molar refractivity (Wildman–Crippen MR) is 109 cm³/mol. The van der Waals surface area contributed by atoms with Crippen LogP contribution in [0.25, 0.3) is 0 Å². The summed E-state index contributed by atoms with van der Waals surface area (Å²) in [5, 5.41) is 2.80. The third kappa shape index (κ3) is 6.45. The normalized spacial score (nSPS) is 10.2. The van der Waals surface area contributed by atoms with Gasteiger partial charge in [0.05, 0.1) is 12.1 Å². The van der Waals surface area contributed by atoms with Crippen molar-refractivity contribution in [2.75, 3.05) is 25.0 Å². The van der Waals surface area contributed by atoms with Gasteiger partial charge < -0.3 is 15.0 Å². The monoisotopic (exact) mass is 447 g/mol. The van der Waals surface area contributed by atoms with Crippen molar-refractivity contribution in [3.63, 3.8) is 0 Å². The van der Waals surface area contributed by atoms with E-state index in [2.05, 4.69) is 26.2 Å². The second kappa shape index (κ2) is 10.6. The van der Waals surface area contributed by atoms with Gasteiger partial charge in [-0.05, 0) is 47.0 Å². The number of aryl methyl sites for hydroxylation is 1. The molecule has 0 radical (unpaired) electrons. The van der Waals surface area contributed by atoms with Crippen molar-refractivity contribution < 1.29 is 19.1 Å². The van der Waals surface area contributed by atoms with Gasteiger partial charge in [0.2, 0.25) is 5.91 Å². The minimum atomic E-state index is -0.650. The summed E-state index contributed by atoms with van der Waals surface area (Å²) in [7, 11) is 0. The maximum absolute atomic E-state index is 12.4. The van der Waals surface area contributed by atoms with Gasteiger partial charge in [-0.25, -0.2) is 4.79 Å². The van der Waals surface area contributed by atoms with Crippen molar-refractivity contribution in [2.24, 2.45) is 0 Å². The molecular formula is C20H22BrN3O4. The topological polar surface area (TPSA) is 88.6 Å². The van der Waals surface area contributed by atoms with Crippen LogP contribution in [0.3, 0.4) is 0 Å². The summed E-state index contributed by atoms with van der Waals surface area (Å²) in [5.74, 6) is -1.39. The maximum atomic E-state index is 12.4. The number of pyridine rings is 1. The number of nitrogens with one attached hydrogen (secondary N) is 1. The van der Waals surface area contributed by atoms with E-state index in [0.29, 0.717) is 23.1 Å². The predicted octanol–water partition coefficient (Wildman–Crippen LogP) is 3.19. The van der Waals surface area contributed by atoms with Crippen LogP contribution >= 0.6 is 15.9 Å². The SMILES string of the molecule is CCCN(CC(=O)Nc1ccccc1C)C(=O)COC(=O)c1cncc(Br)c1. The molecule has 2 rings (SSSR count). The van der Waals surface area contributed by atoms with Crippen molar-refractivity contribution in [3.05, 3.63) is 58.3 Å². The number of hydrogen-bond donors (Lipinski definition) is 1. The first-order valence-corrected chi connectivity index (χ1v) is 9.61. The first-order valence-electron chi connectivity index (χ1n) is 8.81. The molecule has 0 spiro atoms. The number of aromatic nitrogens is 1. The number of esters is 1. The van der Waals surface area contributed by atoms with Gasteiger partial charge in [0.15, 0.2) is 6.61 Å². The minimum absolute atomic E-state index is 0.114. The number of ether oxygens (including phenoxy) is 1. The summed E-state index contributed by atoms with van der Waals surface area (Å²) >= 11 is 3.22. The lowest BCUT2D eigenvalue weighted by molar-refractivity contribution is -0.137. The van der Waals surface area contributed by atoms with E-state index in [0.717, 1.165) is 5.56 Å². The molecule has 148 valence electrons. The van der Waals surface area contributed by atoms with Crippen LogP contribution in [-0.4, -0.2) is 47.4 Å². The van der Waals surface area contributed by atoms with E-state index < -0.39 is 18.5 Å². The smallest absolute Gasteiger partial charge is 0.340 e. The van der Waals surface area contributed by atoms with E-state index >= 15 is 0 Å². The lowest BCUT2D eigenvalue weighted by Crippen LogP contribution is -2.40. The quantitative estimate of drug-likeness (QED) is 0.627. The fraction of sp³-hybridized carbons (Fsp3) is 0.300. The van der Waals surface area contributed by atoms with Gasteiger partial charge in [0, 0.05) is 29.1 Å². The number of rotatable bonds is 8. The molecule has 0 aliphatic heterocycles. The van der Waals surface area contributed by atoms with Crippen LogP contribution in [0.2, 0.25) is 0 Å². The molecule has 7 nitrogen and oxygen atoms in total. The molecule has 0 saturated heterocycles. The van der Waals surface area contributed by atoms with Gasteiger partial charge in [-0.1, -0.05) is 25.1 Å². The van der Waals surface area contributed by atoms with Gasteiger partial charge in [-0.15, -0.1) is 0 Å². The molecule has 1 aromatic carbocycles. The Morgan fingerprint density at radius 3 is 2.64 bits per heavy atom. The molecule has 0 atom stereocenters. The van der Waals surface area contributed by atoms with Gasteiger partial charge in [-0.2, -0.15) is 0 Å². The summed E-state index contributed by atoms with van der Waals surface area (Å²) in [6, 6.07) is 8.95. The molecule has 0 saturated carbocycles. The number of carbonyl (C=O) groups excluding carboxylic acids is 3. The number of nitrogens with zero attached hydrogens (tertiary/aromatic N) is 2. The Bertz CT molecular complexity index is 857. The zero-order valence-electron chi connectivity index (χ0n) is 15.8. The van der Waals surface area contributed by atoms with Gasteiger partial charge in [0.25, 0.3) is 5.91 Å². The van der Waals surface area contributed by atoms with E-state index in [9.17, 15) is 14.4 Å². The van der Waals surface area contributed by atoms with Gasteiger partial charge in [0.1, 0.15) is 0 Å². The lowest BCUT2D eigenvalue weighted by atomic mass is 10.2. The summed E-state index contributed by atoms with van der Waals surface area (Å²) < 4.78 is 5.70. The molecule has 1 heterocycles.